The van der Waals surface area contributed by atoms with Crippen LogP contribution < -0.4 is 10.1 Å². The van der Waals surface area contributed by atoms with E-state index in [9.17, 15) is 22.8 Å². The van der Waals surface area contributed by atoms with E-state index in [4.69, 9.17) is 14.6 Å². The number of carboxylic acid groups (broad SMARTS) is 1. The second kappa shape index (κ2) is 5.51. The molecule has 2 rings (SSSR count). The summed E-state index contributed by atoms with van der Waals surface area (Å²) < 4.78 is 48.4. The summed E-state index contributed by atoms with van der Waals surface area (Å²) >= 11 is 0. The van der Waals surface area contributed by atoms with Crippen molar-refractivity contribution in [1.29, 1.82) is 0 Å². The van der Waals surface area contributed by atoms with E-state index < -0.39 is 41.2 Å². The van der Waals surface area contributed by atoms with Crippen LogP contribution in [0, 0.1) is 0 Å². The van der Waals surface area contributed by atoms with Gasteiger partial charge in [-0.25, -0.2) is 9.59 Å². The highest BCUT2D eigenvalue weighted by atomic mass is 19.4. The van der Waals surface area contributed by atoms with Crippen LogP contribution >= 0.6 is 0 Å². The number of carbonyl (C=O) groups is 2. The highest BCUT2D eigenvalue weighted by molar-refractivity contribution is 5.88. The quantitative estimate of drug-likeness (QED) is 0.887. The molecule has 0 saturated carbocycles. The molecule has 1 atom stereocenters. The summed E-state index contributed by atoms with van der Waals surface area (Å²) in [7, 11) is 0. The summed E-state index contributed by atoms with van der Waals surface area (Å²) in [4.78, 5) is 21.5. The van der Waals surface area contributed by atoms with Crippen molar-refractivity contribution in [2.45, 2.75) is 12.3 Å². The van der Waals surface area contributed by atoms with Gasteiger partial charge in [-0.15, -0.1) is 0 Å². The molecule has 0 aromatic heterocycles. The fourth-order valence-electron chi connectivity index (χ4n) is 1.72. The first-order valence-electron chi connectivity index (χ1n) is 5.79. The molecular weight excluding hydrogens is 295 g/mol. The normalized spacial score (nSPS) is 18.0. The lowest BCUT2D eigenvalue weighted by Crippen LogP contribution is -2.23. The topological polar surface area (TPSA) is 84.9 Å². The van der Waals surface area contributed by atoms with Gasteiger partial charge in [0.1, 0.15) is 12.4 Å². The van der Waals surface area contributed by atoms with Gasteiger partial charge in [0.15, 0.2) is 6.10 Å². The van der Waals surface area contributed by atoms with Crippen molar-refractivity contribution >= 4 is 12.1 Å². The molecule has 0 aliphatic carbocycles. The molecular formula is C12H10F3NO5. The van der Waals surface area contributed by atoms with Crippen LogP contribution in [-0.2, 0) is 10.9 Å². The summed E-state index contributed by atoms with van der Waals surface area (Å²) in [5, 5.41) is 11.1. The van der Waals surface area contributed by atoms with E-state index in [2.05, 4.69) is 5.32 Å². The number of nitrogens with one attached hydrogen (secondary N) is 1. The number of rotatable bonds is 4. The average molecular weight is 305 g/mol. The van der Waals surface area contributed by atoms with Gasteiger partial charge in [0.2, 0.25) is 0 Å². The molecule has 1 unspecified atom stereocenters. The molecule has 1 aliphatic rings. The number of amides is 1. The van der Waals surface area contributed by atoms with Gasteiger partial charge in [-0.05, 0) is 18.2 Å². The summed E-state index contributed by atoms with van der Waals surface area (Å²) in [5.74, 6) is -1.99. The van der Waals surface area contributed by atoms with Gasteiger partial charge in [0, 0.05) is 0 Å². The van der Waals surface area contributed by atoms with Crippen LogP contribution in [0.4, 0.5) is 18.0 Å². The van der Waals surface area contributed by atoms with Crippen LogP contribution in [0.25, 0.3) is 0 Å². The minimum absolute atomic E-state index is 0.132. The van der Waals surface area contributed by atoms with Crippen molar-refractivity contribution in [3.8, 4) is 5.75 Å². The zero-order valence-electron chi connectivity index (χ0n) is 10.4. The lowest BCUT2D eigenvalue weighted by atomic mass is 10.1. The fraction of sp³-hybridized carbons (Fsp3) is 0.333. The maximum absolute atomic E-state index is 12.9. The highest BCUT2D eigenvalue weighted by Gasteiger charge is 2.35. The Balaban J connectivity index is 2.18. The molecule has 0 bridgehead atoms. The Labute approximate surface area is 116 Å². The standard InChI is InChI=1S/C12H10F3NO5/c13-12(14,15)8-3-6(10(17)18)1-2-9(8)20-5-7-4-16-11(19)21-7/h1-3,7H,4-5H2,(H,16,19)(H,17,18). The van der Waals surface area contributed by atoms with Crippen LogP contribution in [0.5, 0.6) is 5.75 Å². The predicted octanol–water partition coefficient (Wildman–Crippen LogP) is 1.89. The number of ether oxygens (including phenoxy) is 2. The predicted molar refractivity (Wildman–Crippen MR) is 62.2 cm³/mol. The van der Waals surface area contributed by atoms with Crippen LogP contribution in [0.3, 0.4) is 0 Å². The summed E-state index contributed by atoms with van der Waals surface area (Å²) in [6.45, 7) is -0.137. The number of hydrogen-bond donors (Lipinski definition) is 2. The molecule has 1 aliphatic heterocycles. The maximum Gasteiger partial charge on any atom is 0.419 e. The van der Waals surface area contributed by atoms with E-state index in [0.29, 0.717) is 6.07 Å². The van der Waals surface area contributed by atoms with Gasteiger partial charge in [0.25, 0.3) is 0 Å². The number of carbonyl (C=O) groups excluding carboxylic acids is 1. The summed E-state index contributed by atoms with van der Waals surface area (Å²) in [6, 6.07) is 2.43. The van der Waals surface area contributed by atoms with Crippen LogP contribution in [0.15, 0.2) is 18.2 Å². The molecule has 1 aromatic rings. The van der Waals surface area contributed by atoms with Crippen molar-refractivity contribution in [3.05, 3.63) is 29.3 Å². The SMILES string of the molecule is O=C1NCC(COc2ccc(C(=O)O)cc2C(F)(F)F)O1. The monoisotopic (exact) mass is 305 g/mol. The number of aromatic carboxylic acids is 1. The molecule has 6 nitrogen and oxygen atoms in total. The van der Waals surface area contributed by atoms with E-state index >= 15 is 0 Å². The number of halogens is 3. The largest absolute Gasteiger partial charge is 0.489 e. The van der Waals surface area contributed by atoms with Gasteiger partial charge in [0.05, 0.1) is 17.7 Å². The number of alkyl carbamates (subject to hydrolysis) is 1. The molecule has 1 saturated heterocycles. The molecule has 21 heavy (non-hydrogen) atoms. The van der Waals surface area contributed by atoms with Gasteiger partial charge in [-0.3, -0.25) is 0 Å². The first kappa shape index (κ1) is 14.9. The molecule has 0 radical (unpaired) electrons. The molecule has 1 aromatic carbocycles. The van der Waals surface area contributed by atoms with Gasteiger partial charge >= 0.3 is 18.2 Å². The smallest absolute Gasteiger partial charge is 0.419 e. The average Bonchev–Trinajstić information content (AvgIpc) is 2.81. The molecule has 1 heterocycles. The van der Waals surface area contributed by atoms with Gasteiger partial charge in [-0.2, -0.15) is 13.2 Å². The van der Waals surface area contributed by atoms with Gasteiger partial charge < -0.3 is 19.9 Å². The Morgan fingerprint density at radius 3 is 2.71 bits per heavy atom. The number of cyclic esters (lactones) is 1. The van der Waals surface area contributed by atoms with Crippen molar-refractivity contribution in [1.82, 2.24) is 5.32 Å². The zero-order chi connectivity index (χ0) is 15.6. The second-order valence-electron chi connectivity index (χ2n) is 4.23. The molecule has 9 heteroatoms. The number of benzene rings is 1. The first-order valence-corrected chi connectivity index (χ1v) is 5.79. The minimum atomic E-state index is -4.76. The first-order chi connectivity index (χ1) is 9.77. The maximum atomic E-state index is 12.9. The van der Waals surface area contributed by atoms with Crippen molar-refractivity contribution in [2.75, 3.05) is 13.2 Å². The third kappa shape index (κ3) is 3.56. The van der Waals surface area contributed by atoms with E-state index in [1.807, 2.05) is 0 Å². The molecule has 1 fully saturated rings. The van der Waals surface area contributed by atoms with E-state index in [1.165, 1.54) is 0 Å². The summed E-state index contributed by atoms with van der Waals surface area (Å²) in [6.07, 6.45) is -6.12. The van der Waals surface area contributed by atoms with Crippen LogP contribution in [0.2, 0.25) is 0 Å². The number of alkyl halides is 3. The van der Waals surface area contributed by atoms with Crippen molar-refractivity contribution < 1.29 is 37.3 Å². The summed E-state index contributed by atoms with van der Waals surface area (Å²) in [5.41, 5.74) is -1.69. The highest BCUT2D eigenvalue weighted by Crippen LogP contribution is 2.37. The third-order valence-corrected chi connectivity index (χ3v) is 2.70. The van der Waals surface area contributed by atoms with Crippen molar-refractivity contribution in [3.63, 3.8) is 0 Å². The minimum Gasteiger partial charge on any atom is -0.489 e. The Morgan fingerprint density at radius 1 is 1.48 bits per heavy atom. The fourth-order valence-corrected chi connectivity index (χ4v) is 1.72. The zero-order valence-corrected chi connectivity index (χ0v) is 10.4. The molecule has 0 spiro atoms. The third-order valence-electron chi connectivity index (χ3n) is 2.70. The van der Waals surface area contributed by atoms with E-state index in [-0.39, 0.29) is 13.2 Å². The Hall–Kier alpha value is -2.45. The second-order valence-corrected chi connectivity index (χ2v) is 4.23. The molecule has 114 valence electrons. The Morgan fingerprint density at radius 2 is 2.19 bits per heavy atom. The lowest BCUT2D eigenvalue weighted by molar-refractivity contribution is -0.139. The van der Waals surface area contributed by atoms with E-state index in [1.54, 1.807) is 0 Å². The van der Waals surface area contributed by atoms with Crippen LogP contribution in [0.1, 0.15) is 15.9 Å². The number of hydrogen-bond acceptors (Lipinski definition) is 4. The van der Waals surface area contributed by atoms with E-state index in [0.717, 1.165) is 12.1 Å². The Kier molecular flexibility index (Phi) is 3.92. The van der Waals surface area contributed by atoms with Crippen LogP contribution in [-0.4, -0.2) is 36.4 Å². The Bertz CT molecular complexity index is 573. The number of carboxylic acids is 1. The molecule has 1 amide bonds. The molecule has 2 N–H and O–H groups in total. The lowest BCUT2D eigenvalue weighted by Gasteiger charge is -2.16. The van der Waals surface area contributed by atoms with Crippen molar-refractivity contribution in [2.24, 2.45) is 0 Å². The van der Waals surface area contributed by atoms with Gasteiger partial charge in [-0.1, -0.05) is 0 Å².